The van der Waals surface area contributed by atoms with Crippen LogP contribution in [0.15, 0.2) is 53.0 Å². The highest BCUT2D eigenvalue weighted by atomic mass is 79.9. The third-order valence-corrected chi connectivity index (χ3v) is 7.36. The van der Waals surface area contributed by atoms with E-state index in [4.69, 9.17) is 0 Å². The number of nitrogens with one attached hydrogen (secondary N) is 2. The van der Waals surface area contributed by atoms with Gasteiger partial charge in [0.2, 0.25) is 11.8 Å². The molecular formula is C20H18BrN3O2S. The lowest BCUT2D eigenvalue weighted by molar-refractivity contribution is -0.134. The molecule has 3 heterocycles. The molecule has 3 aliphatic rings. The Hall–Kier alpha value is -1.83. The first-order valence-electron chi connectivity index (χ1n) is 8.92. The second-order valence-electron chi connectivity index (χ2n) is 7.18. The molecule has 0 bridgehead atoms. The number of halogens is 1. The van der Waals surface area contributed by atoms with Crippen LogP contribution in [0.5, 0.6) is 0 Å². The van der Waals surface area contributed by atoms with Crippen LogP contribution in [0.25, 0.3) is 0 Å². The predicted octanol–water partition coefficient (Wildman–Crippen LogP) is 3.63. The maximum atomic E-state index is 13.3. The summed E-state index contributed by atoms with van der Waals surface area (Å²) in [6.07, 6.45) is 0.689. The number of carbonyl (C=O) groups excluding carboxylic acids is 2. The first-order valence-corrected chi connectivity index (χ1v) is 10.9. The molecule has 3 atom stereocenters. The van der Waals surface area contributed by atoms with Crippen molar-refractivity contribution in [2.75, 3.05) is 22.3 Å². The summed E-state index contributed by atoms with van der Waals surface area (Å²) in [5, 5.41) is 6.06. The first kappa shape index (κ1) is 17.3. The van der Waals surface area contributed by atoms with Crippen molar-refractivity contribution in [3.63, 3.8) is 0 Å². The normalized spacial score (nSPS) is 28.9. The molecule has 2 aromatic rings. The molecule has 2 amide bonds. The lowest BCUT2D eigenvalue weighted by Gasteiger charge is -2.36. The Morgan fingerprint density at radius 2 is 2.11 bits per heavy atom. The molecule has 0 radical (unpaired) electrons. The van der Waals surface area contributed by atoms with Gasteiger partial charge in [-0.25, -0.2) is 0 Å². The molecular weight excluding hydrogens is 426 g/mol. The molecule has 0 aliphatic carbocycles. The summed E-state index contributed by atoms with van der Waals surface area (Å²) in [7, 11) is 0. The van der Waals surface area contributed by atoms with Gasteiger partial charge in [-0.15, -0.1) is 11.8 Å². The minimum Gasteiger partial charge on any atom is -0.326 e. The van der Waals surface area contributed by atoms with Crippen LogP contribution in [0, 0.1) is 5.92 Å². The van der Waals surface area contributed by atoms with E-state index in [2.05, 4.69) is 31.5 Å². The van der Waals surface area contributed by atoms with Crippen molar-refractivity contribution >= 4 is 50.9 Å². The highest BCUT2D eigenvalue weighted by molar-refractivity contribution is 9.10. The van der Waals surface area contributed by atoms with E-state index in [1.807, 2.05) is 60.3 Å². The lowest BCUT2D eigenvalue weighted by Crippen LogP contribution is -2.53. The first-order chi connectivity index (χ1) is 13.1. The van der Waals surface area contributed by atoms with Gasteiger partial charge in [0, 0.05) is 39.1 Å². The van der Waals surface area contributed by atoms with Gasteiger partial charge in [0.15, 0.2) is 0 Å². The number of hydrogen-bond donors (Lipinski definition) is 2. The van der Waals surface area contributed by atoms with Gasteiger partial charge in [-0.2, -0.15) is 0 Å². The number of nitrogens with zero attached hydrogens (tertiary/aromatic N) is 1. The zero-order chi connectivity index (χ0) is 18.6. The van der Waals surface area contributed by atoms with E-state index in [-0.39, 0.29) is 17.9 Å². The molecule has 2 aromatic carbocycles. The Morgan fingerprint density at radius 3 is 2.96 bits per heavy atom. The van der Waals surface area contributed by atoms with Crippen molar-refractivity contribution in [2.24, 2.45) is 5.92 Å². The molecule has 7 heteroatoms. The van der Waals surface area contributed by atoms with Crippen LogP contribution < -0.4 is 10.6 Å². The monoisotopic (exact) mass is 443 g/mol. The average molecular weight is 444 g/mol. The summed E-state index contributed by atoms with van der Waals surface area (Å²) in [6, 6.07) is 15.5. The smallest absolute Gasteiger partial charge is 0.250 e. The Balaban J connectivity index is 1.57. The summed E-state index contributed by atoms with van der Waals surface area (Å²) in [5.74, 6) is 1.12. The molecule has 0 aromatic heterocycles. The van der Waals surface area contributed by atoms with Crippen molar-refractivity contribution in [2.45, 2.75) is 18.0 Å². The lowest BCUT2D eigenvalue weighted by atomic mass is 9.79. The minimum atomic E-state index is -0.916. The van der Waals surface area contributed by atoms with Gasteiger partial charge in [-0.3, -0.25) is 14.5 Å². The Bertz CT molecular complexity index is 952. The van der Waals surface area contributed by atoms with Crippen LogP contribution in [0.1, 0.15) is 12.0 Å². The van der Waals surface area contributed by atoms with Crippen molar-refractivity contribution in [3.8, 4) is 0 Å². The van der Waals surface area contributed by atoms with Crippen LogP contribution >= 0.6 is 27.7 Å². The Morgan fingerprint density at radius 1 is 1.26 bits per heavy atom. The fourth-order valence-electron chi connectivity index (χ4n) is 4.70. The predicted molar refractivity (Wildman–Crippen MR) is 111 cm³/mol. The van der Waals surface area contributed by atoms with Gasteiger partial charge in [0.25, 0.3) is 0 Å². The summed E-state index contributed by atoms with van der Waals surface area (Å²) < 4.78 is 0.905. The summed E-state index contributed by atoms with van der Waals surface area (Å²) in [5.41, 5.74) is 1.56. The number of thioether (sulfide) groups is 1. The van der Waals surface area contributed by atoms with E-state index >= 15 is 0 Å². The topological polar surface area (TPSA) is 61.4 Å². The summed E-state index contributed by atoms with van der Waals surface area (Å²) in [6.45, 7) is 0. The van der Waals surface area contributed by atoms with E-state index in [9.17, 15) is 9.59 Å². The third-order valence-electron chi connectivity index (χ3n) is 5.79. The number of benzene rings is 2. The van der Waals surface area contributed by atoms with Gasteiger partial charge < -0.3 is 10.6 Å². The SMILES string of the molecule is O=C(Nc1cccc(Br)c1)[C@@H]1C[C@@H]2CSCN2[C@]12C(=O)Nc1ccccc12. The molecule has 27 heavy (non-hydrogen) atoms. The van der Waals surface area contributed by atoms with Crippen LogP contribution in [-0.4, -0.2) is 34.4 Å². The van der Waals surface area contributed by atoms with Crippen LogP contribution in [0.4, 0.5) is 11.4 Å². The summed E-state index contributed by atoms with van der Waals surface area (Å²) >= 11 is 5.27. The van der Waals surface area contributed by atoms with Gasteiger partial charge in [-0.05, 0) is 30.7 Å². The second-order valence-corrected chi connectivity index (χ2v) is 9.09. The van der Waals surface area contributed by atoms with E-state index < -0.39 is 11.5 Å². The number of anilines is 2. The number of fused-ring (bicyclic) bond motifs is 4. The average Bonchev–Trinajstić information content (AvgIpc) is 3.30. The summed E-state index contributed by atoms with van der Waals surface area (Å²) in [4.78, 5) is 28.8. The molecule has 2 N–H and O–H groups in total. The number of hydrogen-bond acceptors (Lipinski definition) is 4. The van der Waals surface area contributed by atoms with Crippen LogP contribution in [0.3, 0.4) is 0 Å². The highest BCUT2D eigenvalue weighted by Gasteiger charge is 2.65. The fourth-order valence-corrected chi connectivity index (χ4v) is 6.40. The molecule has 138 valence electrons. The third kappa shape index (κ3) is 2.48. The van der Waals surface area contributed by atoms with Crippen LogP contribution in [0.2, 0.25) is 0 Å². The van der Waals surface area contributed by atoms with Gasteiger partial charge in [-0.1, -0.05) is 40.2 Å². The fraction of sp³-hybridized carbons (Fsp3) is 0.300. The minimum absolute atomic E-state index is 0.0805. The molecule has 3 aliphatic heterocycles. The molecule has 2 fully saturated rings. The van der Waals surface area contributed by atoms with Crippen molar-refractivity contribution in [1.29, 1.82) is 0 Å². The van der Waals surface area contributed by atoms with E-state index in [0.29, 0.717) is 6.42 Å². The molecule has 2 saturated heterocycles. The van der Waals surface area contributed by atoms with Crippen molar-refractivity contribution in [3.05, 3.63) is 58.6 Å². The molecule has 0 unspecified atom stereocenters. The van der Waals surface area contributed by atoms with E-state index in [0.717, 1.165) is 33.0 Å². The maximum Gasteiger partial charge on any atom is 0.250 e. The largest absolute Gasteiger partial charge is 0.326 e. The maximum absolute atomic E-state index is 13.3. The van der Waals surface area contributed by atoms with Gasteiger partial charge in [0.05, 0.1) is 5.92 Å². The van der Waals surface area contributed by atoms with Gasteiger partial charge in [0.1, 0.15) is 5.54 Å². The molecule has 0 saturated carbocycles. The van der Waals surface area contributed by atoms with Crippen LogP contribution in [-0.2, 0) is 15.1 Å². The van der Waals surface area contributed by atoms with E-state index in [1.165, 1.54) is 0 Å². The van der Waals surface area contributed by atoms with Gasteiger partial charge >= 0.3 is 0 Å². The standard InChI is InChI=1S/C20H18BrN3O2S/c21-12-4-3-5-13(8-12)22-18(25)16-9-14-10-27-11-24(14)20(16)15-6-1-2-7-17(15)23-19(20)26/h1-8,14,16H,9-11H2,(H,22,25)(H,23,26)/t14-,16+,20+/m1/s1. The molecule has 1 spiro atoms. The number of rotatable bonds is 2. The molecule has 5 rings (SSSR count). The highest BCUT2D eigenvalue weighted by Crippen LogP contribution is 2.55. The Kier molecular flexibility index (Phi) is 4.07. The second kappa shape index (κ2) is 6.36. The number of para-hydroxylation sites is 1. The van der Waals surface area contributed by atoms with E-state index in [1.54, 1.807) is 0 Å². The van der Waals surface area contributed by atoms with Crippen molar-refractivity contribution in [1.82, 2.24) is 4.90 Å². The number of amides is 2. The van der Waals surface area contributed by atoms with Crippen molar-refractivity contribution < 1.29 is 9.59 Å². The zero-order valence-corrected chi connectivity index (χ0v) is 16.8. The quantitative estimate of drug-likeness (QED) is 0.743. The Labute approximate surface area is 170 Å². The zero-order valence-electron chi connectivity index (χ0n) is 14.4. The number of carbonyl (C=O) groups is 2. The molecule has 5 nitrogen and oxygen atoms in total.